The number of aromatic nitrogens is 1. The largest absolute Gasteiger partial charge is 0.489 e. The molecule has 2 N–H and O–H groups in total. The molecular formula is C32H23ClN2O4S2. The van der Waals surface area contributed by atoms with Gasteiger partial charge in [-0.3, -0.25) is 9.69 Å². The van der Waals surface area contributed by atoms with Crippen LogP contribution in [-0.4, -0.2) is 37.2 Å². The molecule has 1 aromatic heterocycles. The molecule has 6 nitrogen and oxygen atoms in total. The van der Waals surface area contributed by atoms with E-state index in [0.717, 1.165) is 55.9 Å². The number of carboxylic acid groups (broad SMARTS) is 1. The van der Waals surface area contributed by atoms with Crippen molar-refractivity contribution in [1.29, 1.82) is 0 Å². The van der Waals surface area contributed by atoms with Gasteiger partial charge in [-0.1, -0.05) is 90.2 Å². The van der Waals surface area contributed by atoms with Crippen molar-refractivity contribution in [1.82, 2.24) is 9.88 Å². The number of carbonyl (C=O) groups excluding carboxylic acids is 1. The van der Waals surface area contributed by atoms with E-state index in [9.17, 15) is 14.7 Å². The maximum absolute atomic E-state index is 13.4. The summed E-state index contributed by atoms with van der Waals surface area (Å²) in [5, 5.41) is 13.6. The summed E-state index contributed by atoms with van der Waals surface area (Å²) in [6.07, 6.45) is 3.68. The van der Waals surface area contributed by atoms with Crippen LogP contribution in [0.2, 0.25) is 5.02 Å². The monoisotopic (exact) mass is 598 g/mol. The van der Waals surface area contributed by atoms with Gasteiger partial charge in [0, 0.05) is 34.1 Å². The molecule has 0 radical (unpaired) electrons. The average Bonchev–Trinajstić information content (AvgIpc) is 3.50. The van der Waals surface area contributed by atoms with Crippen LogP contribution in [-0.2, 0) is 22.6 Å². The zero-order valence-electron chi connectivity index (χ0n) is 21.5. The lowest BCUT2D eigenvalue weighted by molar-refractivity contribution is -0.145. The highest BCUT2D eigenvalue weighted by Crippen LogP contribution is 2.36. The Morgan fingerprint density at radius 1 is 1.02 bits per heavy atom. The summed E-state index contributed by atoms with van der Waals surface area (Å²) in [6, 6.07) is 25.8. The lowest BCUT2D eigenvalue weighted by Gasteiger charge is -2.23. The molecule has 0 saturated carbocycles. The Balaban J connectivity index is 1.20. The van der Waals surface area contributed by atoms with Gasteiger partial charge >= 0.3 is 5.97 Å². The maximum Gasteiger partial charge on any atom is 0.327 e. The van der Waals surface area contributed by atoms with E-state index in [1.165, 1.54) is 4.90 Å². The molecule has 0 aliphatic carbocycles. The molecule has 4 aromatic carbocycles. The molecule has 41 heavy (non-hydrogen) atoms. The SMILES string of the molecule is O=C(O)C(Cc1c[nH]c2ccccc12)N1C(=O)/C(=C/c2ccc3cc(OCc4ccccc4Cl)ccc3c2)SC1=S. The highest BCUT2D eigenvalue weighted by Gasteiger charge is 2.40. The van der Waals surface area contributed by atoms with Crippen molar-refractivity contribution < 1.29 is 19.4 Å². The predicted octanol–water partition coefficient (Wildman–Crippen LogP) is 7.45. The van der Waals surface area contributed by atoms with Gasteiger partial charge in [-0.15, -0.1) is 0 Å². The summed E-state index contributed by atoms with van der Waals surface area (Å²) in [4.78, 5) is 30.5. The number of hydrogen-bond acceptors (Lipinski definition) is 5. The van der Waals surface area contributed by atoms with Gasteiger partial charge in [-0.05, 0) is 58.3 Å². The van der Waals surface area contributed by atoms with E-state index in [4.69, 9.17) is 28.6 Å². The molecule has 6 rings (SSSR count). The van der Waals surface area contributed by atoms with Gasteiger partial charge in [0.1, 0.15) is 22.7 Å². The Kier molecular flexibility index (Phi) is 7.53. The molecule has 1 unspecified atom stereocenters. The number of thioether (sulfide) groups is 1. The number of aromatic amines is 1. The number of H-pyrrole nitrogens is 1. The molecule has 1 aliphatic heterocycles. The van der Waals surface area contributed by atoms with E-state index in [0.29, 0.717) is 16.5 Å². The van der Waals surface area contributed by atoms with E-state index < -0.39 is 17.9 Å². The van der Waals surface area contributed by atoms with Crippen molar-refractivity contribution >= 4 is 79.5 Å². The molecule has 0 bridgehead atoms. The maximum atomic E-state index is 13.4. The number of thiocarbonyl (C=S) groups is 1. The van der Waals surface area contributed by atoms with Crippen LogP contribution in [0.5, 0.6) is 5.75 Å². The first kappa shape index (κ1) is 27.1. The number of benzene rings is 4. The minimum atomic E-state index is -1.12. The quantitative estimate of drug-likeness (QED) is 0.143. The van der Waals surface area contributed by atoms with Crippen molar-refractivity contribution in [3.8, 4) is 5.75 Å². The number of rotatable bonds is 8. The van der Waals surface area contributed by atoms with Crippen LogP contribution in [0.15, 0.2) is 96.0 Å². The smallest absolute Gasteiger partial charge is 0.327 e. The number of para-hydroxylation sites is 1. The number of nitrogens with zero attached hydrogens (tertiary/aromatic N) is 1. The first-order valence-electron chi connectivity index (χ1n) is 12.8. The molecule has 1 aliphatic rings. The summed E-state index contributed by atoms with van der Waals surface area (Å²) in [7, 11) is 0. The normalized spacial score (nSPS) is 15.2. The molecule has 1 atom stereocenters. The van der Waals surface area contributed by atoms with Crippen LogP contribution in [0.4, 0.5) is 0 Å². The highest BCUT2D eigenvalue weighted by molar-refractivity contribution is 8.26. The van der Waals surface area contributed by atoms with Crippen molar-refractivity contribution in [2.75, 3.05) is 0 Å². The number of carbonyl (C=O) groups is 2. The Bertz CT molecular complexity index is 1870. The van der Waals surface area contributed by atoms with Crippen molar-refractivity contribution in [3.63, 3.8) is 0 Å². The van der Waals surface area contributed by atoms with E-state index in [1.807, 2.05) is 84.9 Å². The number of nitrogens with one attached hydrogen (secondary N) is 1. The predicted molar refractivity (Wildman–Crippen MR) is 168 cm³/mol. The molecule has 0 spiro atoms. The van der Waals surface area contributed by atoms with Crippen LogP contribution < -0.4 is 4.74 Å². The summed E-state index contributed by atoms with van der Waals surface area (Å²) in [6.45, 7) is 0.364. The van der Waals surface area contributed by atoms with Crippen LogP contribution >= 0.6 is 35.6 Å². The van der Waals surface area contributed by atoms with E-state index in [2.05, 4.69) is 4.98 Å². The second-order valence-corrected chi connectivity index (χ2v) is 11.7. The molecular weight excluding hydrogens is 576 g/mol. The number of fused-ring (bicyclic) bond motifs is 2. The van der Waals surface area contributed by atoms with E-state index in [-0.39, 0.29) is 10.7 Å². The summed E-state index contributed by atoms with van der Waals surface area (Å²) < 4.78 is 6.18. The average molecular weight is 599 g/mol. The van der Waals surface area contributed by atoms with Crippen LogP contribution in [0.1, 0.15) is 16.7 Å². The lowest BCUT2D eigenvalue weighted by Crippen LogP contribution is -2.45. The minimum Gasteiger partial charge on any atom is -0.489 e. The molecule has 5 aromatic rings. The summed E-state index contributed by atoms with van der Waals surface area (Å²) in [5.74, 6) is -0.789. The van der Waals surface area contributed by atoms with E-state index in [1.54, 1.807) is 12.3 Å². The molecule has 2 heterocycles. The Morgan fingerprint density at radius 3 is 2.61 bits per heavy atom. The fourth-order valence-electron chi connectivity index (χ4n) is 4.90. The third kappa shape index (κ3) is 5.59. The van der Waals surface area contributed by atoms with Gasteiger partial charge in [-0.2, -0.15) is 0 Å². The zero-order chi connectivity index (χ0) is 28.5. The van der Waals surface area contributed by atoms with Crippen LogP contribution in [0, 0.1) is 0 Å². The van der Waals surface area contributed by atoms with Gasteiger partial charge in [0.2, 0.25) is 0 Å². The van der Waals surface area contributed by atoms with Gasteiger partial charge in [-0.25, -0.2) is 4.79 Å². The topological polar surface area (TPSA) is 82.6 Å². The number of aliphatic carboxylic acids is 1. The molecule has 1 fully saturated rings. The fourth-order valence-corrected chi connectivity index (χ4v) is 6.44. The Labute approximate surface area is 250 Å². The van der Waals surface area contributed by atoms with Gasteiger partial charge < -0.3 is 14.8 Å². The third-order valence-corrected chi connectivity index (χ3v) is 8.69. The van der Waals surface area contributed by atoms with E-state index >= 15 is 0 Å². The van der Waals surface area contributed by atoms with Crippen molar-refractivity contribution in [3.05, 3.63) is 118 Å². The zero-order valence-corrected chi connectivity index (χ0v) is 23.9. The Morgan fingerprint density at radius 2 is 1.78 bits per heavy atom. The van der Waals surface area contributed by atoms with Gasteiger partial charge in [0.05, 0.1) is 4.91 Å². The second kappa shape index (κ2) is 11.4. The first-order chi connectivity index (χ1) is 19.9. The molecule has 204 valence electrons. The van der Waals surface area contributed by atoms with Crippen molar-refractivity contribution in [2.24, 2.45) is 0 Å². The third-order valence-electron chi connectivity index (χ3n) is 6.99. The number of ether oxygens (including phenoxy) is 1. The number of hydrogen-bond donors (Lipinski definition) is 2. The minimum absolute atomic E-state index is 0.135. The molecule has 1 amide bonds. The fraction of sp³-hybridized carbons (Fsp3) is 0.0938. The van der Waals surface area contributed by atoms with Gasteiger partial charge in [0.25, 0.3) is 5.91 Å². The molecule has 1 saturated heterocycles. The molecule has 9 heteroatoms. The first-order valence-corrected chi connectivity index (χ1v) is 14.4. The standard InChI is InChI=1S/C32H23ClN2O4S2/c33-26-7-3-1-5-22(26)18-39-24-12-11-20-13-19(9-10-21(20)15-24)14-29-30(36)35(32(40)41-29)28(31(37)38)16-23-17-34-27-8-4-2-6-25(23)27/h1-15,17,28,34H,16,18H2,(H,37,38)/b29-14-. The summed E-state index contributed by atoms with van der Waals surface area (Å²) >= 11 is 12.8. The Hall–Kier alpha value is -4.11. The van der Waals surface area contributed by atoms with Crippen molar-refractivity contribution in [2.45, 2.75) is 19.1 Å². The summed E-state index contributed by atoms with van der Waals surface area (Å²) in [5.41, 5.74) is 3.45. The van der Waals surface area contributed by atoms with Crippen LogP contribution in [0.25, 0.3) is 27.8 Å². The second-order valence-electron chi connectivity index (χ2n) is 9.62. The van der Waals surface area contributed by atoms with Crippen LogP contribution in [0.3, 0.4) is 0 Å². The number of halogens is 1. The van der Waals surface area contributed by atoms with Gasteiger partial charge in [0.15, 0.2) is 0 Å². The highest BCUT2D eigenvalue weighted by atomic mass is 35.5. The lowest BCUT2D eigenvalue weighted by atomic mass is 10.0. The number of carboxylic acids is 1. The number of amides is 1.